The SMILES string of the molecule is CCOc1ccc(NCc2cc(Br)c(OCC)c(OC)c2)cc1. The van der Waals surface area contributed by atoms with Crippen molar-refractivity contribution in [3.63, 3.8) is 0 Å². The van der Waals surface area contributed by atoms with Crippen LogP contribution < -0.4 is 19.5 Å². The van der Waals surface area contributed by atoms with E-state index in [1.165, 1.54) is 0 Å². The van der Waals surface area contributed by atoms with Gasteiger partial charge in [-0.05, 0) is 71.7 Å². The van der Waals surface area contributed by atoms with E-state index >= 15 is 0 Å². The summed E-state index contributed by atoms with van der Waals surface area (Å²) in [4.78, 5) is 0. The number of anilines is 1. The minimum Gasteiger partial charge on any atom is -0.494 e. The van der Waals surface area contributed by atoms with Crippen LogP contribution in [0.4, 0.5) is 5.69 Å². The molecule has 0 atom stereocenters. The minimum atomic E-state index is 0.596. The van der Waals surface area contributed by atoms with Crippen LogP contribution in [0.5, 0.6) is 17.2 Å². The summed E-state index contributed by atoms with van der Waals surface area (Å²) in [5.41, 5.74) is 2.14. The van der Waals surface area contributed by atoms with Crippen LogP contribution in [0.25, 0.3) is 0 Å². The second-order valence-electron chi connectivity index (χ2n) is 4.85. The highest BCUT2D eigenvalue weighted by Crippen LogP contribution is 2.36. The summed E-state index contributed by atoms with van der Waals surface area (Å²) in [7, 11) is 1.65. The molecule has 0 fully saturated rings. The highest BCUT2D eigenvalue weighted by molar-refractivity contribution is 9.10. The summed E-state index contributed by atoms with van der Waals surface area (Å²) in [5, 5.41) is 3.39. The Morgan fingerprint density at radius 3 is 2.30 bits per heavy atom. The Labute approximate surface area is 145 Å². The summed E-state index contributed by atoms with van der Waals surface area (Å²) in [6, 6.07) is 11.9. The number of hydrogen-bond donors (Lipinski definition) is 1. The molecule has 0 amide bonds. The number of halogens is 1. The lowest BCUT2D eigenvalue weighted by atomic mass is 10.2. The lowest BCUT2D eigenvalue weighted by Crippen LogP contribution is -2.02. The van der Waals surface area contributed by atoms with Crippen molar-refractivity contribution in [3.8, 4) is 17.2 Å². The molecule has 0 radical (unpaired) electrons. The Kier molecular flexibility index (Phi) is 6.59. The predicted octanol–water partition coefficient (Wildman–Crippen LogP) is 4.87. The first-order valence-corrected chi connectivity index (χ1v) is 8.43. The monoisotopic (exact) mass is 379 g/mol. The third-order valence-electron chi connectivity index (χ3n) is 3.24. The number of nitrogens with one attached hydrogen (secondary N) is 1. The van der Waals surface area contributed by atoms with Crippen molar-refractivity contribution in [2.45, 2.75) is 20.4 Å². The van der Waals surface area contributed by atoms with Gasteiger partial charge in [0.2, 0.25) is 0 Å². The molecule has 0 spiro atoms. The number of hydrogen-bond acceptors (Lipinski definition) is 4. The molecule has 0 saturated carbocycles. The zero-order valence-electron chi connectivity index (χ0n) is 13.7. The van der Waals surface area contributed by atoms with E-state index in [1.807, 2.05) is 50.2 Å². The summed E-state index contributed by atoms with van der Waals surface area (Å²) in [6.45, 7) is 5.89. The highest BCUT2D eigenvalue weighted by atomic mass is 79.9. The fourth-order valence-corrected chi connectivity index (χ4v) is 2.80. The zero-order chi connectivity index (χ0) is 16.7. The fourth-order valence-electron chi connectivity index (χ4n) is 2.20. The first kappa shape index (κ1) is 17.5. The smallest absolute Gasteiger partial charge is 0.175 e. The number of ether oxygens (including phenoxy) is 3. The van der Waals surface area contributed by atoms with Gasteiger partial charge in [0.25, 0.3) is 0 Å². The minimum absolute atomic E-state index is 0.596. The van der Waals surface area contributed by atoms with E-state index in [0.29, 0.717) is 19.8 Å². The standard InChI is InChI=1S/C18H22BrNO3/c1-4-22-15-8-6-14(7-9-15)20-12-13-10-16(19)18(23-5-2)17(11-13)21-3/h6-11,20H,4-5,12H2,1-3H3. The van der Waals surface area contributed by atoms with Gasteiger partial charge in [-0.3, -0.25) is 0 Å². The molecule has 0 bridgehead atoms. The summed E-state index contributed by atoms with van der Waals surface area (Å²) in [6.07, 6.45) is 0. The third-order valence-corrected chi connectivity index (χ3v) is 3.83. The Morgan fingerprint density at radius 2 is 1.70 bits per heavy atom. The molecule has 0 saturated heterocycles. The van der Waals surface area contributed by atoms with Crippen LogP contribution in [0.1, 0.15) is 19.4 Å². The van der Waals surface area contributed by atoms with Gasteiger partial charge in [0, 0.05) is 12.2 Å². The number of benzene rings is 2. The fraction of sp³-hybridized carbons (Fsp3) is 0.333. The Bertz CT molecular complexity index is 629. The average Bonchev–Trinajstić information content (AvgIpc) is 2.56. The van der Waals surface area contributed by atoms with Gasteiger partial charge in [-0.15, -0.1) is 0 Å². The molecule has 1 N–H and O–H groups in total. The quantitative estimate of drug-likeness (QED) is 0.710. The lowest BCUT2D eigenvalue weighted by molar-refractivity contribution is 0.308. The Balaban J connectivity index is 2.06. The van der Waals surface area contributed by atoms with E-state index in [0.717, 1.165) is 33.0 Å². The van der Waals surface area contributed by atoms with Gasteiger partial charge in [-0.25, -0.2) is 0 Å². The van der Waals surface area contributed by atoms with Crippen molar-refractivity contribution in [1.82, 2.24) is 0 Å². The van der Waals surface area contributed by atoms with Crippen LogP contribution in [0.15, 0.2) is 40.9 Å². The first-order chi connectivity index (χ1) is 11.2. The van der Waals surface area contributed by atoms with Gasteiger partial charge in [-0.2, -0.15) is 0 Å². The van der Waals surface area contributed by atoms with Crippen LogP contribution >= 0.6 is 15.9 Å². The van der Waals surface area contributed by atoms with Gasteiger partial charge < -0.3 is 19.5 Å². The van der Waals surface area contributed by atoms with Crippen molar-refractivity contribution in [2.75, 3.05) is 25.6 Å². The van der Waals surface area contributed by atoms with Crippen LogP contribution in [0, 0.1) is 0 Å². The van der Waals surface area contributed by atoms with Crippen molar-refractivity contribution < 1.29 is 14.2 Å². The van der Waals surface area contributed by atoms with E-state index in [1.54, 1.807) is 7.11 Å². The molecule has 2 rings (SSSR count). The van der Waals surface area contributed by atoms with E-state index in [-0.39, 0.29) is 0 Å². The average molecular weight is 380 g/mol. The predicted molar refractivity (Wildman–Crippen MR) is 96.8 cm³/mol. The molecule has 0 heterocycles. The van der Waals surface area contributed by atoms with E-state index < -0.39 is 0 Å². The normalized spacial score (nSPS) is 10.3. The maximum Gasteiger partial charge on any atom is 0.175 e. The Hall–Kier alpha value is -1.88. The summed E-state index contributed by atoms with van der Waals surface area (Å²) >= 11 is 3.54. The molecule has 4 nitrogen and oxygen atoms in total. The molecular weight excluding hydrogens is 358 g/mol. The van der Waals surface area contributed by atoms with Crippen molar-refractivity contribution in [2.24, 2.45) is 0 Å². The third kappa shape index (κ3) is 4.79. The topological polar surface area (TPSA) is 39.7 Å². The second-order valence-corrected chi connectivity index (χ2v) is 5.71. The van der Waals surface area contributed by atoms with Gasteiger partial charge in [0.15, 0.2) is 11.5 Å². The maximum atomic E-state index is 5.61. The lowest BCUT2D eigenvalue weighted by Gasteiger charge is -2.14. The van der Waals surface area contributed by atoms with Gasteiger partial charge in [0.1, 0.15) is 5.75 Å². The van der Waals surface area contributed by atoms with Crippen LogP contribution in [0.3, 0.4) is 0 Å². The van der Waals surface area contributed by atoms with E-state index in [9.17, 15) is 0 Å². The van der Waals surface area contributed by atoms with Crippen LogP contribution in [-0.4, -0.2) is 20.3 Å². The molecule has 2 aromatic carbocycles. The number of methoxy groups -OCH3 is 1. The molecule has 0 aliphatic rings. The van der Waals surface area contributed by atoms with Crippen molar-refractivity contribution in [3.05, 3.63) is 46.4 Å². The van der Waals surface area contributed by atoms with Crippen molar-refractivity contribution >= 4 is 21.6 Å². The molecule has 0 unspecified atom stereocenters. The largest absolute Gasteiger partial charge is 0.494 e. The summed E-state index contributed by atoms with van der Waals surface area (Å²) in [5.74, 6) is 2.34. The van der Waals surface area contributed by atoms with Crippen LogP contribution in [0.2, 0.25) is 0 Å². The second kappa shape index (κ2) is 8.67. The highest BCUT2D eigenvalue weighted by Gasteiger charge is 2.11. The molecule has 0 aliphatic carbocycles. The van der Waals surface area contributed by atoms with Crippen LogP contribution in [-0.2, 0) is 6.54 Å². The van der Waals surface area contributed by atoms with Gasteiger partial charge in [0.05, 0.1) is 24.8 Å². The molecule has 124 valence electrons. The first-order valence-electron chi connectivity index (χ1n) is 7.63. The van der Waals surface area contributed by atoms with Crippen molar-refractivity contribution in [1.29, 1.82) is 0 Å². The molecule has 0 aromatic heterocycles. The van der Waals surface area contributed by atoms with Gasteiger partial charge in [-0.1, -0.05) is 0 Å². The summed E-state index contributed by atoms with van der Waals surface area (Å²) < 4.78 is 17.4. The maximum absolute atomic E-state index is 5.61. The molecule has 5 heteroatoms. The van der Waals surface area contributed by atoms with Gasteiger partial charge >= 0.3 is 0 Å². The zero-order valence-corrected chi connectivity index (χ0v) is 15.3. The molecule has 0 aliphatic heterocycles. The molecular formula is C18H22BrNO3. The van der Waals surface area contributed by atoms with E-state index in [4.69, 9.17) is 14.2 Å². The molecule has 2 aromatic rings. The molecule has 23 heavy (non-hydrogen) atoms. The van der Waals surface area contributed by atoms with E-state index in [2.05, 4.69) is 21.2 Å². The number of rotatable bonds is 8. The Morgan fingerprint density at radius 1 is 1.00 bits per heavy atom.